The van der Waals surface area contributed by atoms with Gasteiger partial charge in [0, 0.05) is 18.6 Å². The fourth-order valence-electron chi connectivity index (χ4n) is 3.03. The van der Waals surface area contributed by atoms with Gasteiger partial charge in [-0.05, 0) is 29.7 Å². The van der Waals surface area contributed by atoms with Crippen LogP contribution in [0.2, 0.25) is 0 Å². The highest BCUT2D eigenvalue weighted by atomic mass is 16.2. The van der Waals surface area contributed by atoms with E-state index < -0.39 is 0 Å². The molecule has 0 saturated carbocycles. The van der Waals surface area contributed by atoms with Gasteiger partial charge in [0.1, 0.15) is 0 Å². The molecule has 2 unspecified atom stereocenters. The number of hydrogen-bond acceptors (Lipinski definition) is 2. The Labute approximate surface area is 119 Å². The zero-order chi connectivity index (χ0) is 14.1. The summed E-state index contributed by atoms with van der Waals surface area (Å²) >= 11 is 0. The molecular formula is C17H20N2O. The lowest BCUT2D eigenvalue weighted by molar-refractivity contribution is -0.131. The molecule has 1 fully saturated rings. The molecule has 104 valence electrons. The van der Waals surface area contributed by atoms with Crippen LogP contribution < -0.4 is 5.73 Å². The van der Waals surface area contributed by atoms with Crippen molar-refractivity contribution in [1.82, 2.24) is 4.90 Å². The third-order valence-electron chi connectivity index (χ3n) is 4.36. The predicted molar refractivity (Wildman–Crippen MR) is 81.4 cm³/mol. The van der Waals surface area contributed by atoms with Gasteiger partial charge in [0.15, 0.2) is 0 Å². The first kappa shape index (κ1) is 13.1. The van der Waals surface area contributed by atoms with E-state index in [9.17, 15) is 4.79 Å². The van der Waals surface area contributed by atoms with Crippen molar-refractivity contribution in [3.63, 3.8) is 0 Å². The maximum absolute atomic E-state index is 12.5. The zero-order valence-corrected chi connectivity index (χ0v) is 11.8. The third-order valence-corrected chi connectivity index (χ3v) is 4.36. The Hall–Kier alpha value is -1.87. The summed E-state index contributed by atoms with van der Waals surface area (Å²) in [5.41, 5.74) is 7.09. The van der Waals surface area contributed by atoms with Gasteiger partial charge in [0.25, 0.3) is 0 Å². The fraction of sp³-hybridized carbons (Fsp3) is 0.353. The molecule has 1 aliphatic rings. The van der Waals surface area contributed by atoms with Crippen molar-refractivity contribution < 1.29 is 4.79 Å². The van der Waals surface area contributed by atoms with Gasteiger partial charge in [-0.15, -0.1) is 0 Å². The van der Waals surface area contributed by atoms with E-state index >= 15 is 0 Å². The molecule has 3 heteroatoms. The average molecular weight is 268 g/mol. The molecule has 0 aliphatic carbocycles. The number of fused-ring (bicyclic) bond motifs is 1. The molecule has 0 aromatic heterocycles. The lowest BCUT2D eigenvalue weighted by Crippen LogP contribution is -2.41. The molecule has 2 N–H and O–H groups in total. The first-order chi connectivity index (χ1) is 9.66. The van der Waals surface area contributed by atoms with Crippen LogP contribution >= 0.6 is 0 Å². The van der Waals surface area contributed by atoms with Gasteiger partial charge in [0.2, 0.25) is 5.91 Å². The van der Waals surface area contributed by atoms with Crippen LogP contribution in [0.25, 0.3) is 10.8 Å². The minimum Gasteiger partial charge on any atom is -0.338 e. The molecule has 0 bridgehead atoms. The second-order valence-corrected chi connectivity index (χ2v) is 5.60. The van der Waals surface area contributed by atoms with Gasteiger partial charge >= 0.3 is 0 Å². The van der Waals surface area contributed by atoms with E-state index in [1.807, 2.05) is 36.1 Å². The van der Waals surface area contributed by atoms with Crippen LogP contribution in [0.3, 0.4) is 0 Å². The molecule has 1 aliphatic heterocycles. The smallest absolute Gasteiger partial charge is 0.227 e. The standard InChI is InChI=1S/C17H20N2O/c1-12-16(18)9-10-19(12)17(20)11-14-7-4-6-13-5-2-3-8-15(13)14/h2-8,12,16H,9-11,18H2,1H3. The molecule has 2 aromatic rings. The first-order valence-electron chi connectivity index (χ1n) is 7.18. The van der Waals surface area contributed by atoms with E-state index in [1.54, 1.807) is 0 Å². The minimum absolute atomic E-state index is 0.117. The van der Waals surface area contributed by atoms with Crippen LogP contribution in [-0.2, 0) is 11.2 Å². The number of likely N-dealkylation sites (tertiary alicyclic amines) is 1. The van der Waals surface area contributed by atoms with E-state index in [0.717, 1.165) is 18.5 Å². The molecule has 1 amide bonds. The van der Waals surface area contributed by atoms with E-state index in [4.69, 9.17) is 5.73 Å². The van der Waals surface area contributed by atoms with E-state index in [2.05, 4.69) is 18.2 Å². The number of nitrogens with two attached hydrogens (primary N) is 1. The van der Waals surface area contributed by atoms with Crippen molar-refractivity contribution in [2.45, 2.75) is 31.8 Å². The van der Waals surface area contributed by atoms with Gasteiger partial charge < -0.3 is 10.6 Å². The molecular weight excluding hydrogens is 248 g/mol. The second kappa shape index (κ2) is 5.25. The number of benzene rings is 2. The maximum Gasteiger partial charge on any atom is 0.227 e. The van der Waals surface area contributed by atoms with Crippen LogP contribution in [0, 0.1) is 0 Å². The lowest BCUT2D eigenvalue weighted by atomic mass is 10.0. The number of carbonyl (C=O) groups excluding carboxylic acids is 1. The zero-order valence-electron chi connectivity index (χ0n) is 11.8. The number of nitrogens with zero attached hydrogens (tertiary/aromatic N) is 1. The Morgan fingerprint density at radius 2 is 2.00 bits per heavy atom. The van der Waals surface area contributed by atoms with Crippen molar-refractivity contribution in [2.24, 2.45) is 5.73 Å². The predicted octanol–water partition coefficient (Wildman–Crippen LogP) is 2.33. The summed E-state index contributed by atoms with van der Waals surface area (Å²) in [7, 11) is 0. The molecule has 1 heterocycles. The van der Waals surface area contributed by atoms with Crippen LogP contribution in [-0.4, -0.2) is 29.4 Å². The van der Waals surface area contributed by atoms with Crippen molar-refractivity contribution in [2.75, 3.05) is 6.54 Å². The van der Waals surface area contributed by atoms with Crippen LogP contribution in [0.1, 0.15) is 18.9 Å². The van der Waals surface area contributed by atoms with Crippen molar-refractivity contribution in [3.05, 3.63) is 48.0 Å². The molecule has 3 nitrogen and oxygen atoms in total. The highest BCUT2D eigenvalue weighted by Crippen LogP contribution is 2.22. The van der Waals surface area contributed by atoms with Crippen LogP contribution in [0.5, 0.6) is 0 Å². The van der Waals surface area contributed by atoms with Gasteiger partial charge in [-0.3, -0.25) is 4.79 Å². The second-order valence-electron chi connectivity index (χ2n) is 5.60. The molecule has 20 heavy (non-hydrogen) atoms. The SMILES string of the molecule is CC1C(N)CCN1C(=O)Cc1cccc2ccccc12. The Bertz CT molecular complexity index is 632. The van der Waals surface area contributed by atoms with Crippen LogP contribution in [0.4, 0.5) is 0 Å². The summed E-state index contributed by atoms with van der Waals surface area (Å²) in [5, 5.41) is 2.35. The average Bonchev–Trinajstić information content (AvgIpc) is 2.79. The Morgan fingerprint density at radius 3 is 2.75 bits per heavy atom. The van der Waals surface area contributed by atoms with Crippen molar-refractivity contribution in [1.29, 1.82) is 0 Å². The fourth-order valence-corrected chi connectivity index (χ4v) is 3.03. The molecule has 3 rings (SSSR count). The van der Waals surface area contributed by atoms with Gasteiger partial charge in [-0.25, -0.2) is 0 Å². The Kier molecular flexibility index (Phi) is 3.45. The highest BCUT2D eigenvalue weighted by molar-refractivity contribution is 5.90. The maximum atomic E-state index is 12.5. The highest BCUT2D eigenvalue weighted by Gasteiger charge is 2.31. The van der Waals surface area contributed by atoms with Gasteiger partial charge in [-0.1, -0.05) is 42.5 Å². The molecule has 2 aromatic carbocycles. The molecule has 1 saturated heterocycles. The summed E-state index contributed by atoms with van der Waals surface area (Å²) in [6.45, 7) is 2.82. The van der Waals surface area contributed by atoms with Gasteiger partial charge in [0.05, 0.1) is 6.42 Å². The number of rotatable bonds is 2. The largest absolute Gasteiger partial charge is 0.338 e. The quantitative estimate of drug-likeness (QED) is 0.908. The van der Waals surface area contributed by atoms with E-state index in [-0.39, 0.29) is 18.0 Å². The summed E-state index contributed by atoms with van der Waals surface area (Å²) < 4.78 is 0. The molecule has 0 spiro atoms. The van der Waals surface area contributed by atoms with E-state index in [1.165, 1.54) is 10.8 Å². The Morgan fingerprint density at radius 1 is 1.25 bits per heavy atom. The molecule has 0 radical (unpaired) electrons. The lowest BCUT2D eigenvalue weighted by Gasteiger charge is -2.23. The number of amides is 1. The van der Waals surface area contributed by atoms with Crippen LogP contribution in [0.15, 0.2) is 42.5 Å². The monoisotopic (exact) mass is 268 g/mol. The van der Waals surface area contributed by atoms with Crippen molar-refractivity contribution in [3.8, 4) is 0 Å². The summed E-state index contributed by atoms with van der Waals surface area (Å²) in [4.78, 5) is 14.4. The number of carbonyl (C=O) groups is 1. The normalized spacial score (nSPS) is 22.4. The first-order valence-corrected chi connectivity index (χ1v) is 7.18. The summed E-state index contributed by atoms with van der Waals surface area (Å²) in [6.07, 6.45) is 1.36. The number of hydrogen-bond donors (Lipinski definition) is 1. The third kappa shape index (κ3) is 2.29. The minimum atomic E-state index is 0.117. The van der Waals surface area contributed by atoms with Gasteiger partial charge in [-0.2, -0.15) is 0 Å². The molecule has 2 atom stereocenters. The summed E-state index contributed by atoms with van der Waals surface area (Å²) in [6, 6.07) is 14.6. The topological polar surface area (TPSA) is 46.3 Å². The van der Waals surface area contributed by atoms with E-state index in [0.29, 0.717) is 6.42 Å². The Balaban J connectivity index is 1.85. The summed E-state index contributed by atoms with van der Waals surface area (Å²) in [5.74, 6) is 0.182. The van der Waals surface area contributed by atoms with Crippen molar-refractivity contribution >= 4 is 16.7 Å².